The van der Waals surface area contributed by atoms with Gasteiger partial charge in [0.1, 0.15) is 0 Å². The summed E-state index contributed by atoms with van der Waals surface area (Å²) in [5.74, 6) is -0.284. The van der Waals surface area contributed by atoms with Gasteiger partial charge in [-0.15, -0.1) is 0 Å². The summed E-state index contributed by atoms with van der Waals surface area (Å²) in [6.07, 6.45) is 3.42. The summed E-state index contributed by atoms with van der Waals surface area (Å²) in [6, 6.07) is 8.79. The fourth-order valence-electron chi connectivity index (χ4n) is 1.69. The number of pyridine rings is 1. The zero-order chi connectivity index (χ0) is 15.2. The fraction of sp³-hybridized carbons (Fsp3) is 0.133. The average Bonchev–Trinajstić information content (AvgIpc) is 2.49. The molecule has 0 aliphatic carbocycles. The van der Waals surface area contributed by atoms with Crippen LogP contribution in [0.15, 0.2) is 47.8 Å². The smallest absolute Gasteiger partial charge is 0.244 e. The highest BCUT2D eigenvalue weighted by molar-refractivity contribution is 6.36. The standard InChI is InChI=1S/C15H13Cl2N3O/c1-10(11-4-3-7-18-9-11)19-20-15(21)8-12-13(16)5-2-6-14(12)17/h2-7,9H,8H2,1H3,(H,20,21)/b19-10-. The van der Waals surface area contributed by atoms with Crippen molar-refractivity contribution >= 4 is 34.8 Å². The van der Waals surface area contributed by atoms with Crippen LogP contribution in [0.5, 0.6) is 0 Å². The lowest BCUT2D eigenvalue weighted by Crippen LogP contribution is -2.21. The first-order chi connectivity index (χ1) is 10.1. The number of hydrazone groups is 1. The van der Waals surface area contributed by atoms with Gasteiger partial charge >= 0.3 is 0 Å². The molecular weight excluding hydrogens is 309 g/mol. The summed E-state index contributed by atoms with van der Waals surface area (Å²) in [5.41, 5.74) is 4.59. The number of benzene rings is 1. The van der Waals surface area contributed by atoms with Crippen molar-refractivity contribution in [2.75, 3.05) is 0 Å². The third-order valence-electron chi connectivity index (χ3n) is 2.83. The van der Waals surface area contributed by atoms with Crippen molar-refractivity contribution < 1.29 is 4.79 Å². The van der Waals surface area contributed by atoms with Gasteiger partial charge in [-0.2, -0.15) is 5.10 Å². The van der Waals surface area contributed by atoms with E-state index in [0.29, 0.717) is 21.3 Å². The first-order valence-corrected chi connectivity index (χ1v) is 7.00. The number of halogens is 2. The number of nitrogens with zero attached hydrogens (tertiary/aromatic N) is 2. The maximum absolute atomic E-state index is 11.9. The highest BCUT2D eigenvalue weighted by Crippen LogP contribution is 2.24. The minimum atomic E-state index is -0.284. The van der Waals surface area contributed by atoms with Crippen molar-refractivity contribution in [1.29, 1.82) is 0 Å². The molecule has 0 radical (unpaired) electrons. The third-order valence-corrected chi connectivity index (χ3v) is 3.53. The molecular formula is C15H13Cl2N3O. The zero-order valence-electron chi connectivity index (χ0n) is 11.3. The Bertz CT molecular complexity index is 652. The Kier molecular flexibility index (Phi) is 5.31. The molecule has 1 aromatic heterocycles. The Morgan fingerprint density at radius 1 is 1.24 bits per heavy atom. The summed E-state index contributed by atoms with van der Waals surface area (Å²) in [6.45, 7) is 1.79. The summed E-state index contributed by atoms with van der Waals surface area (Å²) >= 11 is 12.0. The monoisotopic (exact) mass is 321 g/mol. The van der Waals surface area contributed by atoms with Crippen LogP contribution >= 0.6 is 23.2 Å². The predicted molar refractivity (Wildman–Crippen MR) is 84.8 cm³/mol. The van der Waals surface area contributed by atoms with E-state index in [1.165, 1.54) is 0 Å². The Balaban J connectivity index is 2.03. The van der Waals surface area contributed by atoms with Gasteiger partial charge in [0, 0.05) is 28.0 Å². The largest absolute Gasteiger partial charge is 0.273 e. The van der Waals surface area contributed by atoms with Crippen molar-refractivity contribution in [2.24, 2.45) is 5.10 Å². The first kappa shape index (κ1) is 15.5. The molecule has 2 aromatic rings. The molecule has 1 aromatic carbocycles. The molecule has 2 rings (SSSR count). The number of nitrogens with one attached hydrogen (secondary N) is 1. The summed E-state index contributed by atoms with van der Waals surface area (Å²) in [5, 5.41) is 4.97. The molecule has 1 heterocycles. The predicted octanol–water partition coefficient (Wildman–Crippen LogP) is 3.47. The molecule has 1 N–H and O–H groups in total. The summed E-state index contributed by atoms with van der Waals surface area (Å²) < 4.78 is 0. The van der Waals surface area contributed by atoms with Crippen LogP contribution in [0.2, 0.25) is 10.0 Å². The van der Waals surface area contributed by atoms with Crippen LogP contribution in [-0.4, -0.2) is 16.6 Å². The SMILES string of the molecule is C/C(=N/NC(=O)Cc1c(Cl)cccc1Cl)c1cccnc1. The highest BCUT2D eigenvalue weighted by Gasteiger charge is 2.10. The van der Waals surface area contributed by atoms with Gasteiger partial charge in [0.25, 0.3) is 0 Å². The van der Waals surface area contributed by atoms with Crippen molar-refractivity contribution in [1.82, 2.24) is 10.4 Å². The van der Waals surface area contributed by atoms with Crippen LogP contribution in [0.1, 0.15) is 18.1 Å². The van der Waals surface area contributed by atoms with Crippen LogP contribution in [0.4, 0.5) is 0 Å². The Hall–Kier alpha value is -1.91. The van der Waals surface area contributed by atoms with E-state index in [1.54, 1.807) is 43.6 Å². The van der Waals surface area contributed by atoms with Gasteiger partial charge in [-0.05, 0) is 30.7 Å². The molecule has 0 atom stereocenters. The van der Waals surface area contributed by atoms with E-state index >= 15 is 0 Å². The molecule has 0 saturated carbocycles. The van der Waals surface area contributed by atoms with E-state index in [2.05, 4.69) is 15.5 Å². The minimum absolute atomic E-state index is 0.0718. The number of amides is 1. The number of hydrogen-bond acceptors (Lipinski definition) is 3. The number of aromatic nitrogens is 1. The van der Waals surface area contributed by atoms with Gasteiger partial charge in [0.2, 0.25) is 5.91 Å². The second-order valence-corrected chi connectivity index (χ2v) is 5.17. The Morgan fingerprint density at radius 3 is 2.57 bits per heavy atom. The molecule has 0 bridgehead atoms. The van der Waals surface area contributed by atoms with Gasteiger partial charge in [0.15, 0.2) is 0 Å². The second-order valence-electron chi connectivity index (χ2n) is 4.35. The molecule has 4 nitrogen and oxygen atoms in total. The number of carbonyl (C=O) groups excluding carboxylic acids is 1. The van der Waals surface area contributed by atoms with Crippen LogP contribution in [-0.2, 0) is 11.2 Å². The molecule has 0 aliphatic rings. The van der Waals surface area contributed by atoms with E-state index in [1.807, 2.05) is 6.07 Å². The summed E-state index contributed by atoms with van der Waals surface area (Å²) in [4.78, 5) is 15.9. The minimum Gasteiger partial charge on any atom is -0.273 e. The highest BCUT2D eigenvalue weighted by atomic mass is 35.5. The topological polar surface area (TPSA) is 54.4 Å². The van der Waals surface area contributed by atoms with E-state index in [4.69, 9.17) is 23.2 Å². The van der Waals surface area contributed by atoms with Gasteiger partial charge in [-0.1, -0.05) is 35.3 Å². The first-order valence-electron chi connectivity index (χ1n) is 6.24. The van der Waals surface area contributed by atoms with Gasteiger partial charge in [-0.25, -0.2) is 5.43 Å². The molecule has 0 aliphatic heterocycles. The lowest BCUT2D eigenvalue weighted by atomic mass is 10.1. The van der Waals surface area contributed by atoms with Crippen LogP contribution < -0.4 is 5.43 Å². The number of hydrogen-bond donors (Lipinski definition) is 1. The molecule has 108 valence electrons. The van der Waals surface area contributed by atoms with Crippen molar-refractivity contribution in [3.8, 4) is 0 Å². The molecule has 0 fully saturated rings. The van der Waals surface area contributed by atoms with E-state index in [0.717, 1.165) is 5.56 Å². The second kappa shape index (κ2) is 7.20. The molecule has 0 spiro atoms. The lowest BCUT2D eigenvalue weighted by Gasteiger charge is -2.06. The normalized spacial score (nSPS) is 11.3. The van der Waals surface area contributed by atoms with Crippen LogP contribution in [0.25, 0.3) is 0 Å². The van der Waals surface area contributed by atoms with Crippen LogP contribution in [0, 0.1) is 0 Å². The molecule has 6 heteroatoms. The van der Waals surface area contributed by atoms with Crippen molar-refractivity contribution in [3.05, 3.63) is 63.9 Å². The molecule has 21 heavy (non-hydrogen) atoms. The Labute approximate surface area is 132 Å². The van der Waals surface area contributed by atoms with Gasteiger partial charge in [-0.3, -0.25) is 9.78 Å². The lowest BCUT2D eigenvalue weighted by molar-refractivity contribution is -0.120. The molecule has 0 unspecified atom stereocenters. The number of rotatable bonds is 4. The zero-order valence-corrected chi connectivity index (χ0v) is 12.8. The maximum Gasteiger partial charge on any atom is 0.244 e. The van der Waals surface area contributed by atoms with Gasteiger partial charge < -0.3 is 0 Å². The molecule has 0 saturated heterocycles. The molecule has 1 amide bonds. The van der Waals surface area contributed by atoms with Crippen molar-refractivity contribution in [2.45, 2.75) is 13.3 Å². The van der Waals surface area contributed by atoms with E-state index in [-0.39, 0.29) is 12.3 Å². The quantitative estimate of drug-likeness (QED) is 0.692. The van der Waals surface area contributed by atoms with Gasteiger partial charge in [0.05, 0.1) is 12.1 Å². The van der Waals surface area contributed by atoms with Crippen LogP contribution in [0.3, 0.4) is 0 Å². The number of carbonyl (C=O) groups is 1. The maximum atomic E-state index is 11.9. The fourth-order valence-corrected chi connectivity index (χ4v) is 2.22. The van der Waals surface area contributed by atoms with E-state index in [9.17, 15) is 4.79 Å². The van der Waals surface area contributed by atoms with E-state index < -0.39 is 0 Å². The summed E-state index contributed by atoms with van der Waals surface area (Å²) in [7, 11) is 0. The third kappa shape index (κ3) is 4.28. The average molecular weight is 322 g/mol. The Morgan fingerprint density at radius 2 is 1.95 bits per heavy atom. The van der Waals surface area contributed by atoms with Crippen molar-refractivity contribution in [3.63, 3.8) is 0 Å².